The minimum Gasteiger partial charge on any atom is -0.492 e. The summed E-state index contributed by atoms with van der Waals surface area (Å²) in [6, 6.07) is 7.02. The van der Waals surface area contributed by atoms with E-state index in [0.717, 1.165) is 19.2 Å². The molecular weight excluding hydrogens is 341 g/mol. The number of hydrogen-bond donors (Lipinski definition) is 1. The molecule has 0 saturated carbocycles. The Kier molecular flexibility index (Phi) is 3.99. The Morgan fingerprint density at radius 3 is 2.71 bits per heavy atom. The monoisotopic (exact) mass is 351 g/mol. The molecule has 1 aromatic carbocycles. The molecule has 2 aromatic heterocycles. The maximum atomic E-state index is 14.1. The minimum atomic E-state index is -4.71. The first kappa shape index (κ1) is 16.0. The molecule has 124 valence electrons. The normalized spacial score (nSPS) is 11.5. The maximum Gasteiger partial charge on any atom is 0.298 e. The van der Waals surface area contributed by atoms with Crippen molar-refractivity contribution >= 4 is 10.1 Å². The van der Waals surface area contributed by atoms with E-state index in [4.69, 9.17) is 4.52 Å². The zero-order valence-electron chi connectivity index (χ0n) is 12.2. The number of hydrogen-bond acceptors (Lipinski definition) is 7. The van der Waals surface area contributed by atoms with Crippen molar-refractivity contribution in [1.29, 1.82) is 0 Å². The van der Waals surface area contributed by atoms with Crippen LogP contribution < -0.4 is 4.74 Å². The summed E-state index contributed by atoms with van der Waals surface area (Å²) in [5.74, 6) is -1.59. The van der Waals surface area contributed by atoms with Crippen LogP contribution in [-0.2, 0) is 10.1 Å². The predicted octanol–water partition coefficient (Wildman–Crippen LogP) is 2.19. The van der Waals surface area contributed by atoms with E-state index in [1.807, 2.05) is 0 Å². The van der Waals surface area contributed by atoms with E-state index in [-0.39, 0.29) is 17.3 Å². The largest absolute Gasteiger partial charge is 0.492 e. The van der Waals surface area contributed by atoms with Crippen molar-refractivity contribution in [2.24, 2.45) is 0 Å². The molecule has 1 N–H and O–H groups in total. The summed E-state index contributed by atoms with van der Waals surface area (Å²) < 4.78 is 55.8. The third-order valence-electron chi connectivity index (χ3n) is 3.06. The van der Waals surface area contributed by atoms with Gasteiger partial charge >= 0.3 is 0 Å². The third kappa shape index (κ3) is 2.96. The molecule has 8 nitrogen and oxygen atoms in total. The highest BCUT2D eigenvalue weighted by Gasteiger charge is 2.24. The Morgan fingerprint density at radius 1 is 1.29 bits per heavy atom. The topological polar surface area (TPSA) is 115 Å². The van der Waals surface area contributed by atoms with Gasteiger partial charge in [-0.3, -0.25) is 9.54 Å². The summed E-state index contributed by atoms with van der Waals surface area (Å²) in [7, 11) is -3.63. The molecular formula is C14H10FN3O5S. The minimum absolute atomic E-state index is 0.0318. The summed E-state index contributed by atoms with van der Waals surface area (Å²) in [4.78, 5) is 7.35. The average molecular weight is 351 g/mol. The standard InChI is InChI=1S/C14H10FN3O5S/c1-22-12-9(15)6-8(7-11(12)24(19,20)21)14-17-13(18-23-14)10-4-2-3-5-16-10/h2-7H,1H3,(H,19,20,21). The highest BCUT2D eigenvalue weighted by Crippen LogP contribution is 2.32. The molecule has 3 aromatic rings. The summed E-state index contributed by atoms with van der Waals surface area (Å²) in [6.07, 6.45) is 1.54. The third-order valence-corrected chi connectivity index (χ3v) is 3.92. The summed E-state index contributed by atoms with van der Waals surface area (Å²) in [5.41, 5.74) is 0.395. The Labute approximate surface area is 135 Å². The van der Waals surface area contributed by atoms with Gasteiger partial charge in [-0.15, -0.1) is 0 Å². The molecule has 0 radical (unpaired) electrons. The number of halogens is 1. The van der Waals surface area contributed by atoms with E-state index in [1.54, 1.807) is 18.2 Å². The van der Waals surface area contributed by atoms with E-state index < -0.39 is 26.6 Å². The average Bonchev–Trinajstić information content (AvgIpc) is 3.04. The summed E-state index contributed by atoms with van der Waals surface area (Å²) in [6.45, 7) is 0. The van der Waals surface area contributed by atoms with Gasteiger partial charge in [0.1, 0.15) is 10.6 Å². The molecule has 24 heavy (non-hydrogen) atoms. The Hall–Kier alpha value is -2.85. The lowest BCUT2D eigenvalue weighted by molar-refractivity contribution is 0.370. The van der Waals surface area contributed by atoms with Crippen molar-refractivity contribution in [2.45, 2.75) is 4.90 Å². The number of pyridine rings is 1. The van der Waals surface area contributed by atoms with Gasteiger partial charge in [-0.2, -0.15) is 13.4 Å². The maximum absolute atomic E-state index is 14.1. The number of rotatable bonds is 4. The van der Waals surface area contributed by atoms with Crippen LogP contribution in [-0.4, -0.2) is 35.2 Å². The van der Waals surface area contributed by atoms with Gasteiger partial charge in [-0.05, 0) is 24.3 Å². The van der Waals surface area contributed by atoms with Crippen LogP contribution in [0.25, 0.3) is 23.0 Å². The molecule has 0 aliphatic rings. The molecule has 0 bridgehead atoms. The Balaban J connectivity index is 2.11. The number of aromatic nitrogens is 3. The number of ether oxygens (including phenoxy) is 1. The number of methoxy groups -OCH3 is 1. The van der Waals surface area contributed by atoms with Crippen LogP contribution in [0.15, 0.2) is 45.9 Å². The van der Waals surface area contributed by atoms with Gasteiger partial charge in [0, 0.05) is 11.8 Å². The van der Waals surface area contributed by atoms with E-state index in [9.17, 15) is 17.4 Å². The first-order valence-electron chi connectivity index (χ1n) is 6.50. The van der Waals surface area contributed by atoms with Crippen molar-refractivity contribution in [1.82, 2.24) is 15.1 Å². The van der Waals surface area contributed by atoms with Gasteiger partial charge in [0.15, 0.2) is 11.6 Å². The van der Waals surface area contributed by atoms with Gasteiger partial charge in [0.05, 0.1) is 7.11 Å². The highest BCUT2D eigenvalue weighted by atomic mass is 32.2. The second-order valence-electron chi connectivity index (χ2n) is 4.60. The van der Waals surface area contributed by atoms with Gasteiger partial charge in [0.25, 0.3) is 16.0 Å². The zero-order chi connectivity index (χ0) is 17.3. The van der Waals surface area contributed by atoms with Crippen molar-refractivity contribution < 1.29 is 26.6 Å². The first-order valence-corrected chi connectivity index (χ1v) is 7.94. The van der Waals surface area contributed by atoms with Crippen LogP contribution in [0.4, 0.5) is 4.39 Å². The van der Waals surface area contributed by atoms with Crippen molar-refractivity contribution in [3.8, 4) is 28.7 Å². The molecule has 0 spiro atoms. The highest BCUT2D eigenvalue weighted by molar-refractivity contribution is 7.86. The van der Waals surface area contributed by atoms with E-state index in [2.05, 4.69) is 19.9 Å². The Morgan fingerprint density at radius 2 is 2.08 bits per heavy atom. The van der Waals surface area contributed by atoms with Crippen LogP contribution in [0, 0.1) is 5.82 Å². The van der Waals surface area contributed by atoms with Crippen LogP contribution in [0.3, 0.4) is 0 Å². The van der Waals surface area contributed by atoms with Crippen LogP contribution in [0.5, 0.6) is 5.75 Å². The van der Waals surface area contributed by atoms with E-state index in [1.165, 1.54) is 6.20 Å². The Bertz CT molecular complexity index is 989. The first-order chi connectivity index (χ1) is 11.4. The number of benzene rings is 1. The molecule has 0 saturated heterocycles. The molecule has 0 atom stereocenters. The SMILES string of the molecule is COc1c(F)cc(-c2nc(-c3ccccn3)no2)cc1S(=O)(=O)O. The fraction of sp³-hybridized carbons (Fsp3) is 0.0714. The lowest BCUT2D eigenvalue weighted by Crippen LogP contribution is -2.04. The smallest absolute Gasteiger partial charge is 0.298 e. The fourth-order valence-electron chi connectivity index (χ4n) is 2.02. The van der Waals surface area contributed by atoms with Crippen LogP contribution in [0.2, 0.25) is 0 Å². The van der Waals surface area contributed by atoms with Gasteiger partial charge in [-0.1, -0.05) is 11.2 Å². The summed E-state index contributed by atoms with van der Waals surface area (Å²) in [5, 5.41) is 3.71. The summed E-state index contributed by atoms with van der Waals surface area (Å²) >= 11 is 0. The van der Waals surface area contributed by atoms with Gasteiger partial charge in [0.2, 0.25) is 5.82 Å². The predicted molar refractivity (Wildman–Crippen MR) is 79.3 cm³/mol. The van der Waals surface area contributed by atoms with Crippen LogP contribution in [0.1, 0.15) is 0 Å². The van der Waals surface area contributed by atoms with Crippen molar-refractivity contribution in [3.63, 3.8) is 0 Å². The van der Waals surface area contributed by atoms with Gasteiger partial charge in [-0.25, -0.2) is 4.39 Å². The molecule has 10 heteroatoms. The van der Waals surface area contributed by atoms with Crippen molar-refractivity contribution in [2.75, 3.05) is 7.11 Å². The van der Waals surface area contributed by atoms with E-state index >= 15 is 0 Å². The van der Waals surface area contributed by atoms with E-state index in [0.29, 0.717) is 5.69 Å². The van der Waals surface area contributed by atoms with Crippen molar-refractivity contribution in [3.05, 3.63) is 42.3 Å². The second kappa shape index (κ2) is 5.98. The van der Waals surface area contributed by atoms with Crippen LogP contribution >= 0.6 is 0 Å². The molecule has 0 aliphatic carbocycles. The lowest BCUT2D eigenvalue weighted by Gasteiger charge is -2.08. The lowest BCUT2D eigenvalue weighted by atomic mass is 10.2. The quantitative estimate of drug-likeness (QED) is 0.711. The molecule has 0 unspecified atom stereocenters. The molecule has 0 fully saturated rings. The number of nitrogens with zero attached hydrogens (tertiary/aromatic N) is 3. The zero-order valence-corrected chi connectivity index (χ0v) is 13.0. The molecule has 2 heterocycles. The molecule has 0 aliphatic heterocycles. The fourth-order valence-corrected chi connectivity index (χ4v) is 2.71. The molecule has 0 amide bonds. The van der Waals surface area contributed by atoms with Gasteiger partial charge < -0.3 is 9.26 Å². The second-order valence-corrected chi connectivity index (χ2v) is 5.99. The molecule has 3 rings (SSSR count).